The van der Waals surface area contributed by atoms with Crippen molar-refractivity contribution in [3.05, 3.63) is 59.9 Å². The van der Waals surface area contributed by atoms with Crippen molar-refractivity contribution in [2.75, 3.05) is 13.1 Å². The van der Waals surface area contributed by atoms with Crippen LogP contribution >= 0.6 is 0 Å². The summed E-state index contributed by atoms with van der Waals surface area (Å²) in [6, 6.07) is 12.7. The molecular formula is C17H16F2N2O2. The van der Waals surface area contributed by atoms with Gasteiger partial charge in [-0.1, -0.05) is 30.3 Å². The van der Waals surface area contributed by atoms with E-state index in [9.17, 15) is 13.6 Å². The number of ether oxygens (including phenoxy) is 1. The average Bonchev–Trinajstić information content (AvgIpc) is 3.05. The van der Waals surface area contributed by atoms with Gasteiger partial charge in [0.2, 0.25) is 0 Å². The van der Waals surface area contributed by atoms with Crippen LogP contribution in [-0.4, -0.2) is 35.5 Å². The Morgan fingerprint density at radius 3 is 2.74 bits per heavy atom. The molecule has 0 radical (unpaired) electrons. The number of aromatic nitrogens is 1. The number of amides is 1. The van der Waals surface area contributed by atoms with Gasteiger partial charge in [0.15, 0.2) is 11.4 Å². The standard InChI is InChI=1S/C17H16F2N2O2/c18-17(19)23-14-7-4-9-20-15(14)16(22)21-10-8-13(11-21)12-5-2-1-3-6-12/h1-7,9,13,17H,8,10-11H2. The predicted molar refractivity (Wildman–Crippen MR) is 80.6 cm³/mol. The number of benzene rings is 1. The van der Waals surface area contributed by atoms with Crippen molar-refractivity contribution in [3.63, 3.8) is 0 Å². The van der Waals surface area contributed by atoms with E-state index in [0.717, 1.165) is 6.42 Å². The van der Waals surface area contributed by atoms with Crippen LogP contribution in [-0.2, 0) is 0 Å². The van der Waals surface area contributed by atoms with Crippen molar-refractivity contribution < 1.29 is 18.3 Å². The van der Waals surface area contributed by atoms with Crippen molar-refractivity contribution in [3.8, 4) is 5.75 Å². The molecule has 6 heteroatoms. The van der Waals surface area contributed by atoms with Crippen LogP contribution in [0.5, 0.6) is 5.75 Å². The van der Waals surface area contributed by atoms with E-state index in [2.05, 4.69) is 9.72 Å². The minimum atomic E-state index is -2.98. The molecule has 1 aromatic carbocycles. The highest BCUT2D eigenvalue weighted by atomic mass is 19.3. The van der Waals surface area contributed by atoms with Crippen molar-refractivity contribution in [2.24, 2.45) is 0 Å². The van der Waals surface area contributed by atoms with Gasteiger partial charge >= 0.3 is 6.61 Å². The van der Waals surface area contributed by atoms with Crippen molar-refractivity contribution >= 4 is 5.91 Å². The summed E-state index contributed by atoms with van der Waals surface area (Å²) in [6.07, 6.45) is 2.24. The number of carbonyl (C=O) groups excluding carboxylic acids is 1. The molecule has 4 nitrogen and oxygen atoms in total. The zero-order chi connectivity index (χ0) is 16.2. The van der Waals surface area contributed by atoms with Crippen molar-refractivity contribution in [2.45, 2.75) is 19.0 Å². The highest BCUT2D eigenvalue weighted by Gasteiger charge is 2.30. The zero-order valence-corrected chi connectivity index (χ0v) is 12.4. The summed E-state index contributed by atoms with van der Waals surface area (Å²) in [7, 11) is 0. The quantitative estimate of drug-likeness (QED) is 0.868. The number of rotatable bonds is 4. The first-order valence-electron chi connectivity index (χ1n) is 7.39. The number of alkyl halides is 2. The summed E-state index contributed by atoms with van der Waals surface area (Å²) >= 11 is 0. The molecule has 1 atom stereocenters. The molecule has 1 aliphatic rings. The Hall–Kier alpha value is -2.50. The Morgan fingerprint density at radius 1 is 1.22 bits per heavy atom. The molecule has 1 fully saturated rings. The van der Waals surface area contributed by atoms with Gasteiger partial charge in [-0.25, -0.2) is 4.98 Å². The van der Waals surface area contributed by atoms with E-state index in [1.165, 1.54) is 23.9 Å². The van der Waals surface area contributed by atoms with Crippen molar-refractivity contribution in [1.82, 2.24) is 9.88 Å². The maximum atomic E-state index is 12.6. The summed E-state index contributed by atoms with van der Waals surface area (Å²) in [5.41, 5.74) is 1.11. The summed E-state index contributed by atoms with van der Waals surface area (Å²) in [6.45, 7) is -1.86. The summed E-state index contributed by atoms with van der Waals surface area (Å²) in [5.74, 6) is -0.307. The van der Waals surface area contributed by atoms with Gasteiger partial charge in [0.05, 0.1) is 0 Å². The Morgan fingerprint density at radius 2 is 2.00 bits per heavy atom. The lowest BCUT2D eigenvalue weighted by atomic mass is 9.99. The summed E-state index contributed by atoms with van der Waals surface area (Å²) < 4.78 is 29.3. The predicted octanol–water partition coefficient (Wildman–Crippen LogP) is 3.31. The molecule has 0 spiro atoms. The van der Waals surface area contributed by atoms with Gasteiger partial charge in [-0.05, 0) is 24.1 Å². The smallest absolute Gasteiger partial charge is 0.387 e. The second-order valence-corrected chi connectivity index (χ2v) is 5.38. The number of likely N-dealkylation sites (tertiary alicyclic amines) is 1. The molecule has 1 saturated heterocycles. The van der Waals surface area contributed by atoms with Crippen LogP contribution in [0, 0.1) is 0 Å². The molecule has 1 aliphatic heterocycles. The van der Waals surface area contributed by atoms with Crippen LogP contribution < -0.4 is 4.74 Å². The lowest BCUT2D eigenvalue weighted by Gasteiger charge is -2.18. The Labute approximate surface area is 132 Å². The topological polar surface area (TPSA) is 42.4 Å². The highest BCUT2D eigenvalue weighted by Crippen LogP contribution is 2.29. The fourth-order valence-electron chi connectivity index (χ4n) is 2.83. The van der Waals surface area contributed by atoms with E-state index in [0.29, 0.717) is 13.1 Å². The molecule has 0 aliphatic carbocycles. The van der Waals surface area contributed by atoms with Gasteiger partial charge in [0.1, 0.15) is 0 Å². The first kappa shape index (κ1) is 15.4. The van der Waals surface area contributed by atoms with Gasteiger partial charge in [0.25, 0.3) is 5.91 Å². The molecule has 0 bridgehead atoms. The van der Waals surface area contributed by atoms with Crippen LogP contribution in [0.1, 0.15) is 28.4 Å². The first-order valence-corrected chi connectivity index (χ1v) is 7.39. The fraction of sp³-hybridized carbons (Fsp3) is 0.294. The SMILES string of the molecule is O=C(c1ncccc1OC(F)F)N1CCC(c2ccccc2)C1. The first-order chi connectivity index (χ1) is 11.1. The molecule has 2 aromatic rings. The maximum Gasteiger partial charge on any atom is 0.387 e. The van der Waals surface area contributed by atoms with Crippen LogP contribution in [0.15, 0.2) is 48.7 Å². The maximum absolute atomic E-state index is 12.6. The fourth-order valence-corrected chi connectivity index (χ4v) is 2.83. The van der Waals surface area contributed by atoms with Crippen LogP contribution in [0.25, 0.3) is 0 Å². The lowest BCUT2D eigenvalue weighted by molar-refractivity contribution is -0.0505. The molecule has 1 amide bonds. The second kappa shape index (κ2) is 6.73. The van der Waals surface area contributed by atoms with Gasteiger partial charge in [-0.2, -0.15) is 8.78 Å². The Balaban J connectivity index is 1.75. The highest BCUT2D eigenvalue weighted by molar-refractivity contribution is 5.95. The van der Waals surface area contributed by atoms with E-state index in [1.54, 1.807) is 4.90 Å². The molecule has 23 heavy (non-hydrogen) atoms. The number of hydrogen-bond acceptors (Lipinski definition) is 3. The number of pyridine rings is 1. The molecule has 3 rings (SSSR count). The largest absolute Gasteiger partial charge is 0.432 e. The third kappa shape index (κ3) is 3.47. The third-order valence-corrected chi connectivity index (χ3v) is 3.94. The Kier molecular flexibility index (Phi) is 4.50. The number of nitrogens with zero attached hydrogens (tertiary/aromatic N) is 2. The van der Waals surface area contributed by atoms with E-state index < -0.39 is 6.61 Å². The molecule has 0 N–H and O–H groups in total. The summed E-state index contributed by atoms with van der Waals surface area (Å²) in [5, 5.41) is 0. The molecule has 120 valence electrons. The molecule has 1 unspecified atom stereocenters. The van der Waals surface area contributed by atoms with E-state index in [-0.39, 0.29) is 23.3 Å². The number of carbonyl (C=O) groups is 1. The summed E-state index contributed by atoms with van der Waals surface area (Å²) in [4.78, 5) is 18.1. The monoisotopic (exact) mass is 318 g/mol. The van der Waals surface area contributed by atoms with Gasteiger partial charge < -0.3 is 9.64 Å². The third-order valence-electron chi connectivity index (χ3n) is 3.94. The normalized spacial score (nSPS) is 17.5. The van der Waals surface area contributed by atoms with Crippen LogP contribution in [0.3, 0.4) is 0 Å². The van der Waals surface area contributed by atoms with E-state index in [4.69, 9.17) is 0 Å². The average molecular weight is 318 g/mol. The number of halogens is 2. The number of hydrogen-bond donors (Lipinski definition) is 0. The van der Waals surface area contributed by atoms with Crippen molar-refractivity contribution in [1.29, 1.82) is 0 Å². The van der Waals surface area contributed by atoms with E-state index >= 15 is 0 Å². The van der Waals surface area contributed by atoms with Crippen LogP contribution in [0.2, 0.25) is 0 Å². The van der Waals surface area contributed by atoms with E-state index in [1.807, 2.05) is 30.3 Å². The molecule has 2 heterocycles. The zero-order valence-electron chi connectivity index (χ0n) is 12.4. The lowest BCUT2D eigenvalue weighted by Crippen LogP contribution is -2.29. The molecule has 1 aromatic heterocycles. The van der Waals surface area contributed by atoms with Gasteiger partial charge in [-0.15, -0.1) is 0 Å². The van der Waals surface area contributed by atoms with Crippen LogP contribution in [0.4, 0.5) is 8.78 Å². The minimum Gasteiger partial charge on any atom is -0.432 e. The minimum absolute atomic E-state index is 0.0680. The molecular weight excluding hydrogens is 302 g/mol. The molecule has 0 saturated carbocycles. The van der Waals surface area contributed by atoms with Gasteiger partial charge in [-0.3, -0.25) is 4.79 Å². The second-order valence-electron chi connectivity index (χ2n) is 5.38. The van der Waals surface area contributed by atoms with Gasteiger partial charge in [0, 0.05) is 25.2 Å². The Bertz CT molecular complexity index is 679.